The second-order valence-electron chi connectivity index (χ2n) is 14.2. The molecule has 2 rings (SSSR count). The third-order valence-corrected chi connectivity index (χ3v) is 11.0. The Morgan fingerprint density at radius 2 is 0.830 bits per heavy atom. The predicted molar refractivity (Wildman–Crippen MR) is 200 cm³/mol. The molecule has 0 fully saturated rings. The fourth-order valence-corrected chi connectivity index (χ4v) is 8.19. The van der Waals surface area contributed by atoms with Crippen molar-refractivity contribution in [2.45, 2.75) is 211 Å². The standard InChI is InChI=1S/C42H72O3S.Na/c1-3-5-7-9-11-13-15-17-19-21-23-25-27-29-33-38-37-39-34-31-32-36-41(39)42(46(43,44)45)40(38)35-30-28-26-24-22-20-18-16-14-12-10-8-6-4-2;/h31-32,34,36-37H,3-30,33,35H2,1-2H3,(H,43,44,45);/q;+1/p-1. The number of aryl methyl sites for hydroxylation is 1. The van der Waals surface area contributed by atoms with E-state index < -0.39 is 10.1 Å². The van der Waals surface area contributed by atoms with Crippen LogP contribution in [0.25, 0.3) is 10.8 Å². The van der Waals surface area contributed by atoms with Gasteiger partial charge in [-0.1, -0.05) is 211 Å². The van der Waals surface area contributed by atoms with Crippen LogP contribution in [0.3, 0.4) is 0 Å². The molecule has 0 aliphatic heterocycles. The molecule has 0 saturated heterocycles. The summed E-state index contributed by atoms with van der Waals surface area (Å²) in [6, 6.07) is 9.72. The first-order valence-electron chi connectivity index (χ1n) is 20.0. The number of hydrogen-bond acceptors (Lipinski definition) is 3. The molecule has 0 saturated carbocycles. The molecule has 0 amide bonds. The third kappa shape index (κ3) is 20.8. The van der Waals surface area contributed by atoms with Crippen LogP contribution in [0.2, 0.25) is 0 Å². The second-order valence-corrected chi connectivity index (χ2v) is 15.5. The van der Waals surface area contributed by atoms with Crippen LogP contribution in [0.15, 0.2) is 35.2 Å². The minimum Gasteiger partial charge on any atom is -0.744 e. The molecule has 2 aromatic rings. The minimum absolute atomic E-state index is 0. The number of rotatable bonds is 31. The van der Waals surface area contributed by atoms with Crippen molar-refractivity contribution in [2.75, 3.05) is 0 Å². The van der Waals surface area contributed by atoms with E-state index in [-0.39, 0.29) is 34.5 Å². The van der Waals surface area contributed by atoms with E-state index in [4.69, 9.17) is 0 Å². The monoisotopic (exact) mass is 679 g/mol. The Bertz CT molecular complexity index is 1130. The quantitative estimate of drug-likeness (QED) is 0.0453. The summed E-state index contributed by atoms with van der Waals surface area (Å²) in [7, 11) is -4.56. The van der Waals surface area contributed by atoms with Crippen LogP contribution in [0, 0.1) is 0 Å². The van der Waals surface area contributed by atoms with Crippen LogP contribution in [-0.4, -0.2) is 13.0 Å². The largest absolute Gasteiger partial charge is 1.00 e. The van der Waals surface area contributed by atoms with Gasteiger partial charge in [0, 0.05) is 0 Å². The molecule has 2 aromatic carbocycles. The zero-order valence-electron chi connectivity index (χ0n) is 31.2. The van der Waals surface area contributed by atoms with Gasteiger partial charge in [0.15, 0.2) is 0 Å². The Kier molecular flexibility index (Phi) is 27.9. The van der Waals surface area contributed by atoms with Crippen LogP contribution >= 0.6 is 0 Å². The van der Waals surface area contributed by atoms with Gasteiger partial charge >= 0.3 is 29.6 Å². The summed E-state index contributed by atoms with van der Waals surface area (Å²) in [6.07, 6.45) is 38.3. The second kappa shape index (κ2) is 29.4. The number of hydrogen-bond donors (Lipinski definition) is 0. The topological polar surface area (TPSA) is 57.2 Å². The Balaban J connectivity index is 0.0000110. The summed E-state index contributed by atoms with van der Waals surface area (Å²) in [5.41, 5.74) is 1.89. The smallest absolute Gasteiger partial charge is 0.744 e. The summed E-state index contributed by atoms with van der Waals surface area (Å²) in [6.45, 7) is 4.55. The number of unbranched alkanes of at least 4 members (excludes halogenated alkanes) is 26. The molecule has 0 atom stereocenters. The van der Waals surface area contributed by atoms with Gasteiger partial charge in [0.2, 0.25) is 0 Å². The fraction of sp³-hybridized carbons (Fsp3) is 0.762. The van der Waals surface area contributed by atoms with Gasteiger partial charge in [0.1, 0.15) is 10.1 Å². The summed E-state index contributed by atoms with van der Waals surface area (Å²) in [4.78, 5) is 0.0562. The van der Waals surface area contributed by atoms with Crippen LogP contribution in [0.5, 0.6) is 0 Å². The maximum atomic E-state index is 12.6. The van der Waals surface area contributed by atoms with Gasteiger partial charge in [0.25, 0.3) is 0 Å². The first kappa shape index (κ1) is 44.6. The molecular weight excluding hydrogens is 608 g/mol. The van der Waals surface area contributed by atoms with E-state index in [2.05, 4.69) is 19.9 Å². The predicted octanol–water partition coefficient (Wildman–Crippen LogP) is 10.8. The van der Waals surface area contributed by atoms with Crippen molar-refractivity contribution in [3.63, 3.8) is 0 Å². The van der Waals surface area contributed by atoms with Gasteiger partial charge in [-0.05, 0) is 47.6 Å². The summed E-state index contributed by atoms with van der Waals surface area (Å²) in [5.74, 6) is 0. The molecule has 5 heteroatoms. The Labute approximate surface area is 314 Å². The van der Waals surface area contributed by atoms with Crippen molar-refractivity contribution >= 4 is 20.9 Å². The number of benzene rings is 2. The molecule has 0 unspecified atom stereocenters. The normalized spacial score (nSPS) is 11.7. The van der Waals surface area contributed by atoms with Gasteiger partial charge < -0.3 is 4.55 Å². The molecule has 3 nitrogen and oxygen atoms in total. The van der Waals surface area contributed by atoms with E-state index in [1.54, 1.807) is 0 Å². The minimum atomic E-state index is -4.56. The van der Waals surface area contributed by atoms with E-state index in [9.17, 15) is 13.0 Å². The molecule has 0 bridgehead atoms. The Morgan fingerprint density at radius 3 is 1.21 bits per heavy atom. The van der Waals surface area contributed by atoms with E-state index in [1.807, 2.05) is 24.3 Å². The van der Waals surface area contributed by atoms with Gasteiger partial charge in [-0.25, -0.2) is 8.42 Å². The SMILES string of the molecule is CCCCCCCCCCCCCCCCc1cc2ccccc2c(S(=O)(=O)[O-])c1CCCCCCCCCCCCCCCC.[Na+]. The molecule has 0 radical (unpaired) electrons. The van der Waals surface area contributed by atoms with Crippen molar-refractivity contribution < 1.29 is 42.5 Å². The summed E-state index contributed by atoms with van der Waals surface area (Å²) >= 11 is 0. The van der Waals surface area contributed by atoms with Gasteiger partial charge in [-0.3, -0.25) is 0 Å². The summed E-state index contributed by atoms with van der Waals surface area (Å²) in [5, 5.41) is 1.48. The van der Waals surface area contributed by atoms with Crippen LogP contribution in [-0.2, 0) is 23.0 Å². The van der Waals surface area contributed by atoms with E-state index in [0.717, 1.165) is 42.2 Å². The number of fused-ring (bicyclic) bond motifs is 1. The molecule has 0 N–H and O–H groups in total. The van der Waals surface area contributed by atoms with Crippen molar-refractivity contribution in [1.82, 2.24) is 0 Å². The molecule has 0 spiro atoms. The first-order chi connectivity index (χ1) is 22.5. The summed E-state index contributed by atoms with van der Waals surface area (Å²) < 4.78 is 37.8. The molecule has 0 aliphatic rings. The maximum absolute atomic E-state index is 12.6. The molecule has 0 aliphatic carbocycles. The average Bonchev–Trinajstić information content (AvgIpc) is 3.04. The molecule has 264 valence electrons. The van der Waals surface area contributed by atoms with Crippen molar-refractivity contribution in [2.24, 2.45) is 0 Å². The van der Waals surface area contributed by atoms with Crippen molar-refractivity contribution in [3.8, 4) is 0 Å². The maximum Gasteiger partial charge on any atom is 1.00 e. The van der Waals surface area contributed by atoms with Crippen LogP contribution in [0.4, 0.5) is 0 Å². The Morgan fingerprint density at radius 1 is 0.489 bits per heavy atom. The molecular formula is C42H71NaO3S. The van der Waals surface area contributed by atoms with Crippen molar-refractivity contribution in [1.29, 1.82) is 0 Å². The molecule has 0 heterocycles. The average molecular weight is 679 g/mol. The van der Waals surface area contributed by atoms with Gasteiger partial charge in [0.05, 0.1) is 4.90 Å². The van der Waals surface area contributed by atoms with E-state index in [0.29, 0.717) is 11.8 Å². The molecule has 47 heavy (non-hydrogen) atoms. The van der Waals surface area contributed by atoms with Crippen LogP contribution < -0.4 is 29.6 Å². The Hall–Kier alpha value is -0.390. The third-order valence-electron chi connectivity index (χ3n) is 10.0. The zero-order chi connectivity index (χ0) is 33.1. The van der Waals surface area contributed by atoms with Gasteiger partial charge in [-0.15, -0.1) is 0 Å². The fourth-order valence-electron chi connectivity index (χ4n) is 7.20. The van der Waals surface area contributed by atoms with Crippen molar-refractivity contribution in [3.05, 3.63) is 41.5 Å². The zero-order valence-corrected chi connectivity index (χ0v) is 34.0. The van der Waals surface area contributed by atoms with E-state index in [1.165, 1.54) is 161 Å². The van der Waals surface area contributed by atoms with E-state index >= 15 is 0 Å². The molecule has 0 aromatic heterocycles. The van der Waals surface area contributed by atoms with Gasteiger partial charge in [-0.2, -0.15) is 0 Å². The first-order valence-corrected chi connectivity index (χ1v) is 21.4. The van der Waals surface area contributed by atoms with Crippen LogP contribution in [0.1, 0.15) is 205 Å².